The van der Waals surface area contributed by atoms with E-state index in [1.165, 1.54) is 10.8 Å². The quantitative estimate of drug-likeness (QED) is 0.604. The monoisotopic (exact) mass is 194 g/mol. The van der Waals surface area contributed by atoms with Gasteiger partial charge in [-0.15, -0.1) is 0 Å². The van der Waals surface area contributed by atoms with E-state index in [2.05, 4.69) is 24.3 Å². The molecule has 2 aliphatic rings. The van der Waals surface area contributed by atoms with E-state index in [-0.39, 0.29) is 5.78 Å². The highest BCUT2D eigenvalue weighted by molar-refractivity contribution is 6.06. The molecule has 1 aromatic carbocycles. The number of hydrogen-bond acceptors (Lipinski definition) is 1. The van der Waals surface area contributed by atoms with Gasteiger partial charge in [-0.25, -0.2) is 0 Å². The van der Waals surface area contributed by atoms with E-state index in [1.807, 2.05) is 18.2 Å². The first kappa shape index (κ1) is 8.42. The molecule has 1 nitrogen and oxygen atoms in total. The summed E-state index contributed by atoms with van der Waals surface area (Å²) in [5.41, 5.74) is 2.12. The molecule has 0 fully saturated rings. The normalized spacial score (nSPS) is 16.4. The minimum atomic E-state index is 0.109. The molecule has 0 atom stereocenters. The lowest BCUT2D eigenvalue weighted by Crippen LogP contribution is -2.35. The molecule has 0 heterocycles. The molecule has 0 spiro atoms. The minimum Gasteiger partial charge on any atom is -0.289 e. The van der Waals surface area contributed by atoms with Gasteiger partial charge in [0.05, 0.1) is 0 Å². The van der Waals surface area contributed by atoms with Crippen molar-refractivity contribution in [2.75, 3.05) is 0 Å². The molecule has 3 rings (SSSR count). The zero-order valence-electron chi connectivity index (χ0n) is 8.23. The smallest absolute Gasteiger partial charge is 0.186 e. The van der Waals surface area contributed by atoms with Gasteiger partial charge in [0.25, 0.3) is 0 Å². The summed E-state index contributed by atoms with van der Waals surface area (Å²) in [6, 6.07) is 3.99. The van der Waals surface area contributed by atoms with Gasteiger partial charge in [0.2, 0.25) is 0 Å². The zero-order valence-corrected chi connectivity index (χ0v) is 8.23. The van der Waals surface area contributed by atoms with Gasteiger partial charge in [-0.05, 0) is 28.5 Å². The highest BCUT2D eigenvalue weighted by atomic mass is 16.1. The number of ketones is 1. The Balaban J connectivity index is 2.49. The Morgan fingerprint density at radius 3 is 2.80 bits per heavy atom. The molecule has 0 amide bonds. The number of carbonyl (C=O) groups excluding carboxylic acids is 1. The molecule has 2 aliphatic carbocycles. The van der Waals surface area contributed by atoms with Crippen LogP contribution >= 0.6 is 0 Å². The maximum Gasteiger partial charge on any atom is 0.186 e. The summed E-state index contributed by atoms with van der Waals surface area (Å²) in [5, 5.41) is 2.28. The lowest BCUT2D eigenvalue weighted by molar-refractivity contribution is 0.104. The molecular weight excluding hydrogens is 184 g/mol. The Bertz CT molecular complexity index is 615. The number of benzene rings is 1. The van der Waals surface area contributed by atoms with Gasteiger partial charge in [0.1, 0.15) is 0 Å². The number of rotatable bonds is 0. The molecule has 15 heavy (non-hydrogen) atoms. The van der Waals surface area contributed by atoms with Crippen LogP contribution in [-0.4, -0.2) is 5.78 Å². The van der Waals surface area contributed by atoms with Crippen molar-refractivity contribution >= 4 is 17.9 Å². The molecular formula is C14H10O. The molecule has 1 aromatic rings. The van der Waals surface area contributed by atoms with Gasteiger partial charge < -0.3 is 0 Å². The fourth-order valence-electron chi connectivity index (χ4n) is 2.13. The van der Waals surface area contributed by atoms with Crippen LogP contribution in [0.4, 0.5) is 0 Å². The molecule has 0 saturated carbocycles. The molecule has 0 saturated heterocycles. The van der Waals surface area contributed by atoms with Crippen LogP contribution in [-0.2, 0) is 6.42 Å². The van der Waals surface area contributed by atoms with Gasteiger partial charge in [0.15, 0.2) is 5.78 Å². The zero-order chi connectivity index (χ0) is 10.3. The van der Waals surface area contributed by atoms with Gasteiger partial charge in [-0.1, -0.05) is 42.5 Å². The summed E-state index contributed by atoms with van der Waals surface area (Å²) in [7, 11) is 0. The second-order valence-corrected chi connectivity index (χ2v) is 3.79. The van der Waals surface area contributed by atoms with Gasteiger partial charge in [-0.3, -0.25) is 4.79 Å². The van der Waals surface area contributed by atoms with Crippen molar-refractivity contribution < 1.29 is 4.79 Å². The Kier molecular flexibility index (Phi) is 1.72. The van der Waals surface area contributed by atoms with Crippen molar-refractivity contribution in [3.8, 4) is 0 Å². The first-order valence-electron chi connectivity index (χ1n) is 5.08. The fraction of sp³-hybridized carbons (Fsp3) is 0.0714. The van der Waals surface area contributed by atoms with Crippen LogP contribution in [0.25, 0.3) is 12.2 Å². The minimum absolute atomic E-state index is 0.109. The van der Waals surface area contributed by atoms with E-state index < -0.39 is 0 Å². The van der Waals surface area contributed by atoms with Crippen LogP contribution in [0.1, 0.15) is 15.9 Å². The molecule has 0 unspecified atom stereocenters. The third-order valence-electron chi connectivity index (χ3n) is 2.89. The third-order valence-corrected chi connectivity index (χ3v) is 2.89. The molecule has 0 N–H and O–H groups in total. The Hall–Kier alpha value is -1.89. The predicted octanol–water partition coefficient (Wildman–Crippen LogP) is 1.11. The summed E-state index contributed by atoms with van der Waals surface area (Å²) in [5.74, 6) is 0.109. The highest BCUT2D eigenvalue weighted by Crippen LogP contribution is 2.04. The summed E-state index contributed by atoms with van der Waals surface area (Å²) in [6.45, 7) is 0. The van der Waals surface area contributed by atoms with Crippen molar-refractivity contribution in [1.82, 2.24) is 0 Å². The van der Waals surface area contributed by atoms with E-state index in [0.717, 1.165) is 17.2 Å². The lowest BCUT2D eigenvalue weighted by atomic mass is 9.95. The number of fused-ring (bicyclic) bond motifs is 3. The predicted molar refractivity (Wildman–Crippen MR) is 60.9 cm³/mol. The molecule has 72 valence electrons. The summed E-state index contributed by atoms with van der Waals surface area (Å²) < 4.78 is 0. The largest absolute Gasteiger partial charge is 0.289 e. The molecule has 1 heteroatoms. The summed E-state index contributed by atoms with van der Waals surface area (Å²) in [4.78, 5) is 11.6. The van der Waals surface area contributed by atoms with Crippen molar-refractivity contribution in [2.45, 2.75) is 6.42 Å². The van der Waals surface area contributed by atoms with Crippen LogP contribution in [0, 0.1) is 0 Å². The van der Waals surface area contributed by atoms with Gasteiger partial charge in [0, 0.05) is 5.56 Å². The van der Waals surface area contributed by atoms with Crippen LogP contribution in [0.15, 0.2) is 36.4 Å². The van der Waals surface area contributed by atoms with E-state index in [4.69, 9.17) is 0 Å². The van der Waals surface area contributed by atoms with Gasteiger partial charge >= 0.3 is 0 Å². The molecule has 0 radical (unpaired) electrons. The first-order valence-corrected chi connectivity index (χ1v) is 5.08. The maximum absolute atomic E-state index is 11.6. The van der Waals surface area contributed by atoms with Crippen molar-refractivity contribution in [1.29, 1.82) is 0 Å². The van der Waals surface area contributed by atoms with Crippen LogP contribution in [0.5, 0.6) is 0 Å². The van der Waals surface area contributed by atoms with E-state index in [1.54, 1.807) is 6.08 Å². The second-order valence-electron chi connectivity index (χ2n) is 3.79. The summed E-state index contributed by atoms with van der Waals surface area (Å²) >= 11 is 0. The van der Waals surface area contributed by atoms with E-state index >= 15 is 0 Å². The first-order chi connectivity index (χ1) is 7.36. The average Bonchev–Trinajstić information content (AvgIpc) is 2.29. The lowest BCUT2D eigenvalue weighted by Gasteiger charge is -2.09. The molecule has 0 aliphatic heterocycles. The Labute approximate surface area is 87.7 Å². The topological polar surface area (TPSA) is 17.1 Å². The molecule has 0 bridgehead atoms. The molecule has 0 aromatic heterocycles. The average molecular weight is 194 g/mol. The summed E-state index contributed by atoms with van der Waals surface area (Å²) in [6.07, 6.45) is 12.7. The Morgan fingerprint density at radius 1 is 1.00 bits per heavy atom. The van der Waals surface area contributed by atoms with E-state index in [9.17, 15) is 4.79 Å². The van der Waals surface area contributed by atoms with Crippen molar-refractivity contribution in [2.24, 2.45) is 0 Å². The SMILES string of the molecule is O=C1C=CC=c2c1ccc1c2=CC=CC1. The van der Waals surface area contributed by atoms with Gasteiger partial charge in [-0.2, -0.15) is 0 Å². The number of hydrogen-bond donors (Lipinski definition) is 0. The number of allylic oxidation sites excluding steroid dienone is 4. The van der Waals surface area contributed by atoms with E-state index in [0.29, 0.717) is 0 Å². The van der Waals surface area contributed by atoms with Crippen LogP contribution in [0.3, 0.4) is 0 Å². The van der Waals surface area contributed by atoms with Crippen molar-refractivity contribution in [3.05, 3.63) is 58.0 Å². The maximum atomic E-state index is 11.6. The number of carbonyl (C=O) groups is 1. The Morgan fingerprint density at radius 2 is 1.87 bits per heavy atom. The fourth-order valence-corrected chi connectivity index (χ4v) is 2.13. The second kappa shape index (κ2) is 3.06. The standard InChI is InChI=1S/C14H10O/c15-14-7-3-6-12-11-5-2-1-4-10(11)8-9-13(12)14/h1-3,5-9H,4H2. The third kappa shape index (κ3) is 1.20. The highest BCUT2D eigenvalue weighted by Gasteiger charge is 2.10. The van der Waals surface area contributed by atoms with Crippen LogP contribution in [0.2, 0.25) is 0 Å². The van der Waals surface area contributed by atoms with Crippen LogP contribution < -0.4 is 10.4 Å². The van der Waals surface area contributed by atoms with Crippen molar-refractivity contribution in [3.63, 3.8) is 0 Å².